The molecule has 1 aromatic carbocycles. The van der Waals surface area contributed by atoms with Crippen LogP contribution in [0.2, 0.25) is 0 Å². The minimum atomic E-state index is -0.940. The van der Waals surface area contributed by atoms with Crippen LogP contribution in [0, 0.1) is 5.92 Å². The molecule has 1 saturated carbocycles. The summed E-state index contributed by atoms with van der Waals surface area (Å²) in [6.07, 6.45) is 7.38. The molecule has 1 aromatic heterocycles. The lowest BCUT2D eigenvalue weighted by atomic mass is 9.84. The molecule has 0 radical (unpaired) electrons. The zero-order valence-corrected chi connectivity index (χ0v) is 21.1. The van der Waals surface area contributed by atoms with E-state index in [1.807, 2.05) is 18.2 Å². The Hall–Kier alpha value is -3.37. The maximum Gasteiger partial charge on any atom is 0.290 e. The summed E-state index contributed by atoms with van der Waals surface area (Å²) < 4.78 is 13.0. The molecule has 1 aliphatic carbocycles. The van der Waals surface area contributed by atoms with Crippen molar-refractivity contribution < 1.29 is 29.3 Å². The van der Waals surface area contributed by atoms with E-state index < -0.39 is 12.1 Å². The quantitative estimate of drug-likeness (QED) is 0.472. The van der Waals surface area contributed by atoms with Crippen LogP contribution in [0.5, 0.6) is 11.5 Å². The predicted octanol–water partition coefficient (Wildman–Crippen LogP) is 2.25. The number of rotatable bonds is 9. The first-order valence-electron chi connectivity index (χ1n) is 13.0. The summed E-state index contributed by atoms with van der Waals surface area (Å²) in [7, 11) is 1.61. The fraction of sp³-hybridized carbons (Fsp3) is 0.519. The molecular weight excluding hydrogens is 476 g/mol. The summed E-state index contributed by atoms with van der Waals surface area (Å²) in [6, 6.07) is 6.51. The topological polar surface area (TPSA) is 126 Å². The third kappa shape index (κ3) is 5.35. The van der Waals surface area contributed by atoms with Gasteiger partial charge in [0.1, 0.15) is 17.5 Å². The van der Waals surface area contributed by atoms with Crippen LogP contribution in [0.15, 0.2) is 41.8 Å². The average molecular weight is 511 g/mol. The lowest BCUT2D eigenvalue weighted by Crippen LogP contribution is -2.47. The molecule has 0 spiro atoms. The Labute approximate surface area is 215 Å². The molecule has 2 aliphatic heterocycles. The van der Waals surface area contributed by atoms with Gasteiger partial charge in [0.15, 0.2) is 11.6 Å². The van der Waals surface area contributed by atoms with Crippen LogP contribution in [0.1, 0.15) is 44.1 Å². The lowest BCUT2D eigenvalue weighted by Gasteiger charge is -2.31. The summed E-state index contributed by atoms with van der Waals surface area (Å²) in [5.74, 6) is 1.78. The number of carbonyl (C=O) groups is 2. The van der Waals surface area contributed by atoms with E-state index >= 15 is 0 Å². The Balaban J connectivity index is 1.34. The second kappa shape index (κ2) is 10.9. The number of ether oxygens (including phenoxy) is 2. The number of nitrogens with one attached hydrogen (secondary N) is 1. The van der Waals surface area contributed by atoms with Gasteiger partial charge in [-0.3, -0.25) is 14.3 Å². The molecule has 10 heteroatoms. The number of hydrogen-bond acceptors (Lipinski definition) is 7. The third-order valence-corrected chi connectivity index (χ3v) is 7.51. The fourth-order valence-electron chi connectivity index (χ4n) is 5.59. The summed E-state index contributed by atoms with van der Waals surface area (Å²) in [5.41, 5.74) is 1.76. The summed E-state index contributed by atoms with van der Waals surface area (Å²) in [4.78, 5) is 28.8. The molecule has 37 heavy (non-hydrogen) atoms. The van der Waals surface area contributed by atoms with Crippen LogP contribution in [0.25, 0.3) is 0 Å². The SMILES string of the molecule is COc1cccc2c1CC1=C(O2)C(=O)N([C@@H](CC2CCCCC2)C(=O)Nc2ccn(C[C@@H](O)CO)n2)C1. The van der Waals surface area contributed by atoms with E-state index in [2.05, 4.69) is 10.4 Å². The minimum Gasteiger partial charge on any atom is -0.496 e. The van der Waals surface area contributed by atoms with Crippen molar-refractivity contribution in [1.82, 2.24) is 14.7 Å². The Kier molecular flexibility index (Phi) is 7.48. The van der Waals surface area contributed by atoms with Crippen LogP contribution in [0.3, 0.4) is 0 Å². The highest BCUT2D eigenvalue weighted by atomic mass is 16.5. The Morgan fingerprint density at radius 2 is 2.08 bits per heavy atom. The second-order valence-corrected chi connectivity index (χ2v) is 10.1. The van der Waals surface area contributed by atoms with Gasteiger partial charge in [0.25, 0.3) is 5.91 Å². The van der Waals surface area contributed by atoms with Gasteiger partial charge in [0.2, 0.25) is 5.91 Å². The van der Waals surface area contributed by atoms with Crippen LogP contribution >= 0.6 is 0 Å². The first-order chi connectivity index (χ1) is 18.0. The number of aliphatic hydroxyl groups is 2. The van der Waals surface area contributed by atoms with Gasteiger partial charge in [-0.1, -0.05) is 38.2 Å². The molecule has 0 unspecified atom stereocenters. The maximum atomic E-state index is 13.6. The molecule has 10 nitrogen and oxygen atoms in total. The van der Waals surface area contributed by atoms with Gasteiger partial charge < -0.3 is 29.9 Å². The van der Waals surface area contributed by atoms with Crippen molar-refractivity contribution in [3.63, 3.8) is 0 Å². The summed E-state index contributed by atoms with van der Waals surface area (Å²) in [6.45, 7) is 0.0612. The molecule has 5 rings (SSSR count). The number of benzene rings is 1. The predicted molar refractivity (Wildman–Crippen MR) is 135 cm³/mol. The highest BCUT2D eigenvalue weighted by Gasteiger charge is 2.42. The van der Waals surface area contributed by atoms with Crippen molar-refractivity contribution in [2.75, 3.05) is 25.6 Å². The standard InChI is InChI=1S/C27H34N4O6/c1-36-22-8-5-9-23-20(22)13-18-14-31(27(35)25(18)37-23)21(12-17-6-3-2-4-7-17)26(34)28-24-10-11-30(29-24)15-19(33)16-32/h5,8-11,17,19,21,32-33H,2-4,6-7,12-16H2,1H3,(H,28,29,34)/t19-,21+/m1/s1. The van der Waals surface area contributed by atoms with E-state index in [1.54, 1.807) is 24.3 Å². The van der Waals surface area contributed by atoms with E-state index in [1.165, 1.54) is 11.1 Å². The number of nitrogens with zero attached hydrogens (tertiary/aromatic N) is 3. The number of amides is 2. The summed E-state index contributed by atoms with van der Waals surface area (Å²) >= 11 is 0. The van der Waals surface area contributed by atoms with Gasteiger partial charge in [-0.25, -0.2) is 0 Å². The number of hydrogen-bond donors (Lipinski definition) is 3. The molecule has 2 atom stereocenters. The molecule has 198 valence electrons. The number of aromatic nitrogens is 2. The number of anilines is 1. The van der Waals surface area contributed by atoms with Gasteiger partial charge in [-0.2, -0.15) is 5.10 Å². The van der Waals surface area contributed by atoms with Gasteiger partial charge in [-0.05, 0) is 24.5 Å². The molecule has 2 amide bonds. The van der Waals surface area contributed by atoms with Gasteiger partial charge in [0.05, 0.1) is 26.4 Å². The van der Waals surface area contributed by atoms with E-state index in [9.17, 15) is 14.7 Å². The van der Waals surface area contributed by atoms with Gasteiger partial charge in [-0.15, -0.1) is 0 Å². The van der Waals surface area contributed by atoms with Crippen molar-refractivity contribution >= 4 is 17.6 Å². The average Bonchev–Trinajstić information content (AvgIpc) is 3.49. The van der Waals surface area contributed by atoms with Crippen molar-refractivity contribution in [2.45, 2.75) is 63.6 Å². The molecule has 0 bridgehead atoms. The zero-order chi connectivity index (χ0) is 25.9. The normalized spacial score (nSPS) is 19.2. The van der Waals surface area contributed by atoms with Crippen LogP contribution in [-0.2, 0) is 22.6 Å². The molecule has 3 N–H and O–H groups in total. The maximum absolute atomic E-state index is 13.6. The third-order valence-electron chi connectivity index (χ3n) is 7.51. The van der Waals surface area contributed by atoms with Gasteiger partial charge in [0, 0.05) is 36.4 Å². The first kappa shape index (κ1) is 25.3. The smallest absolute Gasteiger partial charge is 0.290 e. The number of fused-ring (bicyclic) bond motifs is 1. The molecule has 3 aliphatic rings. The Bertz CT molecular complexity index is 1190. The Morgan fingerprint density at radius 3 is 2.84 bits per heavy atom. The minimum absolute atomic E-state index is 0.112. The highest BCUT2D eigenvalue weighted by Crippen LogP contribution is 2.40. The molecule has 0 saturated heterocycles. The van der Waals surface area contributed by atoms with Crippen molar-refractivity contribution in [3.05, 3.63) is 47.4 Å². The highest BCUT2D eigenvalue weighted by molar-refractivity contribution is 6.02. The Morgan fingerprint density at radius 1 is 1.27 bits per heavy atom. The molecule has 1 fully saturated rings. The van der Waals surface area contributed by atoms with E-state index in [-0.39, 0.29) is 25.0 Å². The van der Waals surface area contributed by atoms with Crippen LogP contribution < -0.4 is 14.8 Å². The lowest BCUT2D eigenvalue weighted by molar-refractivity contribution is -0.135. The zero-order valence-electron chi connectivity index (χ0n) is 21.1. The molecular formula is C27H34N4O6. The second-order valence-electron chi connectivity index (χ2n) is 10.1. The summed E-state index contributed by atoms with van der Waals surface area (Å²) in [5, 5.41) is 25.9. The fourth-order valence-corrected chi connectivity index (χ4v) is 5.59. The van der Waals surface area contributed by atoms with E-state index in [4.69, 9.17) is 14.6 Å². The van der Waals surface area contributed by atoms with Crippen molar-refractivity contribution in [1.29, 1.82) is 0 Å². The number of carbonyl (C=O) groups excluding carboxylic acids is 2. The van der Waals surface area contributed by atoms with Gasteiger partial charge >= 0.3 is 0 Å². The van der Waals surface area contributed by atoms with Crippen LogP contribution in [0.4, 0.5) is 5.82 Å². The van der Waals surface area contributed by atoms with E-state index in [0.29, 0.717) is 48.4 Å². The number of aliphatic hydroxyl groups excluding tert-OH is 2. The van der Waals surface area contributed by atoms with E-state index in [0.717, 1.165) is 36.8 Å². The first-order valence-corrected chi connectivity index (χ1v) is 13.0. The molecule has 2 aromatic rings. The van der Waals surface area contributed by atoms with Crippen LogP contribution in [-0.4, -0.2) is 69.1 Å². The monoisotopic (exact) mass is 510 g/mol. The molecule has 3 heterocycles. The van der Waals surface area contributed by atoms with Crippen molar-refractivity contribution in [2.24, 2.45) is 5.92 Å². The number of methoxy groups -OCH3 is 1. The largest absolute Gasteiger partial charge is 0.496 e. The van der Waals surface area contributed by atoms with Crippen molar-refractivity contribution in [3.8, 4) is 11.5 Å².